The van der Waals surface area contributed by atoms with E-state index in [0.717, 1.165) is 14.0 Å². The summed E-state index contributed by atoms with van der Waals surface area (Å²) >= 11 is 0. The maximum atomic E-state index is 12.1. The molecule has 12 heavy (non-hydrogen) atoms. The predicted molar refractivity (Wildman–Crippen MR) is 35.8 cm³/mol. The highest BCUT2D eigenvalue weighted by Gasteiger charge is 2.36. The number of H-pyrrole nitrogens is 1. The third-order valence-electron chi connectivity index (χ3n) is 1.57. The number of nitrogens with zero attached hydrogens (tertiary/aromatic N) is 1. The minimum atomic E-state index is -4.47. The summed E-state index contributed by atoms with van der Waals surface area (Å²) in [6.07, 6.45) is -4.47. The zero-order valence-corrected chi connectivity index (χ0v) is 6.49. The third kappa shape index (κ3) is 1.24. The van der Waals surface area contributed by atoms with E-state index in [1.165, 1.54) is 0 Å². The van der Waals surface area contributed by atoms with Gasteiger partial charge in [-0.05, 0) is 6.92 Å². The number of aryl methyl sites for hydroxylation is 1. The Kier molecular flexibility index (Phi) is 1.78. The Morgan fingerprint density at radius 2 is 1.92 bits per heavy atom. The number of halogens is 3. The van der Waals surface area contributed by atoms with E-state index in [2.05, 4.69) is 0 Å². The maximum absolute atomic E-state index is 12.1. The minimum Gasteiger partial charge on any atom is -0.283 e. The van der Waals surface area contributed by atoms with E-state index in [9.17, 15) is 18.0 Å². The van der Waals surface area contributed by atoms with E-state index >= 15 is 0 Å². The van der Waals surface area contributed by atoms with E-state index in [1.807, 2.05) is 5.10 Å². The van der Waals surface area contributed by atoms with Gasteiger partial charge in [-0.25, -0.2) is 0 Å². The molecule has 0 saturated carbocycles. The molecular weight excluding hydrogens is 173 g/mol. The molecular formula is C6H7F3N2O. The third-order valence-corrected chi connectivity index (χ3v) is 1.57. The lowest BCUT2D eigenvalue weighted by Crippen LogP contribution is -2.13. The van der Waals surface area contributed by atoms with Crippen molar-refractivity contribution in [1.29, 1.82) is 0 Å². The highest BCUT2D eigenvalue weighted by molar-refractivity contribution is 5.18. The van der Waals surface area contributed by atoms with Gasteiger partial charge in [0.1, 0.15) is 5.69 Å². The molecule has 1 heterocycles. The first-order valence-electron chi connectivity index (χ1n) is 3.17. The van der Waals surface area contributed by atoms with Gasteiger partial charge >= 0.3 is 6.18 Å². The van der Waals surface area contributed by atoms with Gasteiger partial charge in [-0.3, -0.25) is 14.6 Å². The van der Waals surface area contributed by atoms with Crippen LogP contribution in [0, 0.1) is 6.92 Å². The molecule has 0 aliphatic rings. The summed E-state index contributed by atoms with van der Waals surface area (Å²) in [7, 11) is 1.15. The fraction of sp³-hybridized carbons (Fsp3) is 0.500. The van der Waals surface area contributed by atoms with Crippen LogP contribution in [-0.4, -0.2) is 9.78 Å². The Morgan fingerprint density at radius 1 is 1.42 bits per heavy atom. The summed E-state index contributed by atoms with van der Waals surface area (Å²) in [6.45, 7) is 1.14. The van der Waals surface area contributed by atoms with Gasteiger partial charge < -0.3 is 0 Å². The Bertz CT molecular complexity index is 347. The molecule has 0 saturated heterocycles. The average Bonchev–Trinajstić information content (AvgIpc) is 2.05. The molecule has 0 aromatic carbocycles. The van der Waals surface area contributed by atoms with Crippen molar-refractivity contribution in [2.45, 2.75) is 13.1 Å². The smallest absolute Gasteiger partial charge is 0.283 e. The molecule has 68 valence electrons. The molecule has 1 aromatic heterocycles. The summed E-state index contributed by atoms with van der Waals surface area (Å²) < 4.78 is 37.1. The van der Waals surface area contributed by atoms with Gasteiger partial charge in [0.15, 0.2) is 0 Å². The minimum absolute atomic E-state index is 0.301. The molecule has 1 rings (SSSR count). The molecule has 0 bridgehead atoms. The number of hydrogen-bond donors (Lipinski definition) is 1. The molecule has 6 heteroatoms. The van der Waals surface area contributed by atoms with Crippen LogP contribution in [0.25, 0.3) is 0 Å². The van der Waals surface area contributed by atoms with E-state index in [0.29, 0.717) is 4.68 Å². The molecule has 0 unspecified atom stereocenters. The van der Waals surface area contributed by atoms with Crippen molar-refractivity contribution in [3.63, 3.8) is 0 Å². The topological polar surface area (TPSA) is 37.8 Å². The fourth-order valence-corrected chi connectivity index (χ4v) is 1.05. The second kappa shape index (κ2) is 2.40. The average molecular weight is 180 g/mol. The molecule has 0 fully saturated rings. The first-order valence-corrected chi connectivity index (χ1v) is 3.17. The van der Waals surface area contributed by atoms with Crippen LogP contribution in [0.4, 0.5) is 13.2 Å². The van der Waals surface area contributed by atoms with Crippen molar-refractivity contribution in [3.05, 3.63) is 21.6 Å². The Balaban J connectivity index is 3.43. The van der Waals surface area contributed by atoms with Crippen LogP contribution in [0.15, 0.2) is 4.79 Å². The van der Waals surface area contributed by atoms with E-state index in [1.54, 1.807) is 0 Å². The van der Waals surface area contributed by atoms with Gasteiger partial charge in [0, 0.05) is 12.6 Å². The number of rotatable bonds is 0. The van der Waals surface area contributed by atoms with Crippen molar-refractivity contribution in [1.82, 2.24) is 9.78 Å². The van der Waals surface area contributed by atoms with E-state index < -0.39 is 17.4 Å². The van der Waals surface area contributed by atoms with Gasteiger partial charge in [-0.2, -0.15) is 13.2 Å². The van der Waals surface area contributed by atoms with Crippen LogP contribution in [0.1, 0.15) is 11.3 Å². The van der Waals surface area contributed by atoms with Crippen molar-refractivity contribution in [2.24, 2.45) is 7.05 Å². The Morgan fingerprint density at radius 3 is 2.08 bits per heavy atom. The van der Waals surface area contributed by atoms with Crippen LogP contribution >= 0.6 is 0 Å². The molecule has 1 N–H and O–H groups in total. The normalized spacial score (nSPS) is 12.1. The lowest BCUT2D eigenvalue weighted by Gasteiger charge is -2.07. The van der Waals surface area contributed by atoms with Crippen LogP contribution in [0.3, 0.4) is 0 Å². The van der Waals surface area contributed by atoms with Crippen LogP contribution in [0.2, 0.25) is 0 Å². The second-order valence-electron chi connectivity index (χ2n) is 2.47. The SMILES string of the molecule is Cc1c(C(F)(F)F)n(C)[nH]c1=O. The van der Waals surface area contributed by atoms with Crippen molar-refractivity contribution in [3.8, 4) is 0 Å². The summed E-state index contributed by atoms with van der Waals surface area (Å²) in [5, 5.41) is 2.02. The maximum Gasteiger partial charge on any atom is 0.433 e. The molecule has 1 aromatic rings. The van der Waals surface area contributed by atoms with Crippen molar-refractivity contribution >= 4 is 0 Å². The van der Waals surface area contributed by atoms with Gasteiger partial charge in [-0.15, -0.1) is 0 Å². The summed E-state index contributed by atoms with van der Waals surface area (Å²) in [5.41, 5.74) is -1.93. The number of aromatic nitrogens is 2. The van der Waals surface area contributed by atoms with Crippen molar-refractivity contribution in [2.75, 3.05) is 0 Å². The largest absolute Gasteiger partial charge is 0.433 e. The number of alkyl halides is 3. The van der Waals surface area contributed by atoms with Gasteiger partial charge in [-0.1, -0.05) is 0 Å². The second-order valence-corrected chi connectivity index (χ2v) is 2.47. The summed E-state index contributed by atoms with van der Waals surface area (Å²) in [5.74, 6) is 0. The zero-order chi connectivity index (χ0) is 9.52. The first kappa shape index (κ1) is 8.89. The number of hydrogen-bond acceptors (Lipinski definition) is 1. The molecule has 3 nitrogen and oxygen atoms in total. The van der Waals surface area contributed by atoms with E-state index in [-0.39, 0.29) is 5.56 Å². The quantitative estimate of drug-likeness (QED) is 0.636. The lowest BCUT2D eigenvalue weighted by molar-refractivity contribution is -0.144. The first-order chi connectivity index (χ1) is 5.34. The molecule has 0 aliphatic carbocycles. The molecule has 0 amide bonds. The monoisotopic (exact) mass is 180 g/mol. The van der Waals surface area contributed by atoms with Crippen LogP contribution in [0.5, 0.6) is 0 Å². The van der Waals surface area contributed by atoms with Crippen LogP contribution in [-0.2, 0) is 13.2 Å². The summed E-state index contributed by atoms with van der Waals surface area (Å²) in [6, 6.07) is 0. The zero-order valence-electron chi connectivity index (χ0n) is 6.49. The highest BCUT2D eigenvalue weighted by atomic mass is 19.4. The molecule has 0 atom stereocenters. The van der Waals surface area contributed by atoms with Crippen molar-refractivity contribution < 1.29 is 13.2 Å². The van der Waals surface area contributed by atoms with Crippen LogP contribution < -0.4 is 5.56 Å². The number of nitrogens with one attached hydrogen (secondary N) is 1. The van der Waals surface area contributed by atoms with Gasteiger partial charge in [0.25, 0.3) is 5.56 Å². The standard InChI is InChI=1S/C6H7F3N2O/c1-3-4(6(7,8)9)11(2)10-5(3)12/h1-2H3,(H,10,12). The predicted octanol–water partition coefficient (Wildman–Crippen LogP) is 1.04. The summed E-state index contributed by atoms with van der Waals surface area (Å²) in [4.78, 5) is 10.7. The fourth-order valence-electron chi connectivity index (χ4n) is 1.05. The van der Waals surface area contributed by atoms with E-state index in [4.69, 9.17) is 0 Å². The Hall–Kier alpha value is -1.20. The number of aromatic amines is 1. The molecule has 0 spiro atoms. The van der Waals surface area contributed by atoms with Gasteiger partial charge in [0.05, 0.1) is 0 Å². The Labute approximate surface area is 65.8 Å². The molecule has 0 aliphatic heterocycles. The highest BCUT2D eigenvalue weighted by Crippen LogP contribution is 2.29. The molecule has 0 radical (unpaired) electrons. The van der Waals surface area contributed by atoms with Gasteiger partial charge in [0.2, 0.25) is 0 Å². The lowest BCUT2D eigenvalue weighted by atomic mass is 10.2.